The second kappa shape index (κ2) is 7.29. The molecule has 0 amide bonds. The highest BCUT2D eigenvalue weighted by Gasteiger charge is 2.21. The summed E-state index contributed by atoms with van der Waals surface area (Å²) in [5.41, 5.74) is 0.288. The van der Waals surface area contributed by atoms with Crippen molar-refractivity contribution in [1.82, 2.24) is 0 Å². The molecule has 1 heterocycles. The largest absolute Gasteiger partial charge is 0.504 e. The average molecular weight is 385 g/mol. The third-order valence-corrected chi connectivity index (χ3v) is 6.57. The number of hydrogen-bond acceptors (Lipinski definition) is 7. The SMILES string of the molecule is CSc1c(NS(=O)(=O)c2cccs2)cc(O)c(O)c1/C=C/C(C)=O. The summed E-state index contributed by atoms with van der Waals surface area (Å²) in [5.74, 6) is -1.15. The number of phenols is 2. The number of nitrogens with one attached hydrogen (secondary N) is 1. The highest BCUT2D eigenvalue weighted by Crippen LogP contribution is 2.42. The first-order valence-corrected chi connectivity index (χ1v) is 10.2. The topological polar surface area (TPSA) is 104 Å². The molecule has 0 bridgehead atoms. The lowest BCUT2D eigenvalue weighted by Crippen LogP contribution is -2.12. The zero-order chi connectivity index (χ0) is 17.9. The van der Waals surface area contributed by atoms with E-state index >= 15 is 0 Å². The fourth-order valence-corrected chi connectivity index (χ4v) is 4.76. The molecule has 0 unspecified atom stereocenters. The van der Waals surface area contributed by atoms with E-state index < -0.39 is 21.5 Å². The molecule has 1 aromatic carbocycles. The van der Waals surface area contributed by atoms with E-state index in [1.54, 1.807) is 17.7 Å². The number of thioether (sulfide) groups is 1. The summed E-state index contributed by atoms with van der Waals surface area (Å²) in [5, 5.41) is 21.5. The summed E-state index contributed by atoms with van der Waals surface area (Å²) in [7, 11) is -3.81. The second-order valence-corrected chi connectivity index (χ2v) is 8.39. The van der Waals surface area contributed by atoms with E-state index in [-0.39, 0.29) is 21.2 Å². The first-order valence-electron chi connectivity index (χ1n) is 6.64. The molecule has 0 atom stereocenters. The van der Waals surface area contributed by atoms with Gasteiger partial charge in [-0.05, 0) is 36.8 Å². The van der Waals surface area contributed by atoms with Gasteiger partial charge in [-0.25, -0.2) is 8.42 Å². The maximum atomic E-state index is 12.4. The monoisotopic (exact) mass is 385 g/mol. The van der Waals surface area contributed by atoms with Crippen molar-refractivity contribution in [1.29, 1.82) is 0 Å². The van der Waals surface area contributed by atoms with E-state index in [4.69, 9.17) is 0 Å². The molecule has 0 saturated carbocycles. The molecule has 0 aliphatic heterocycles. The molecule has 9 heteroatoms. The number of allylic oxidation sites excluding steroid dienone is 1. The van der Waals surface area contributed by atoms with Crippen molar-refractivity contribution in [3.63, 3.8) is 0 Å². The molecular weight excluding hydrogens is 370 g/mol. The Morgan fingerprint density at radius 2 is 2.08 bits per heavy atom. The Bertz CT molecular complexity index is 886. The quantitative estimate of drug-likeness (QED) is 0.305. The van der Waals surface area contributed by atoms with Gasteiger partial charge in [-0.1, -0.05) is 6.07 Å². The van der Waals surface area contributed by atoms with E-state index in [1.807, 2.05) is 0 Å². The van der Waals surface area contributed by atoms with Gasteiger partial charge in [0.15, 0.2) is 17.3 Å². The molecule has 3 N–H and O–H groups in total. The lowest BCUT2D eigenvalue weighted by Gasteiger charge is -2.15. The molecule has 0 aliphatic carbocycles. The zero-order valence-corrected chi connectivity index (χ0v) is 15.3. The van der Waals surface area contributed by atoms with Crippen molar-refractivity contribution in [2.24, 2.45) is 0 Å². The van der Waals surface area contributed by atoms with Crippen LogP contribution in [-0.2, 0) is 14.8 Å². The third-order valence-electron chi connectivity index (χ3n) is 2.96. The van der Waals surface area contributed by atoms with Crippen molar-refractivity contribution in [3.8, 4) is 11.5 Å². The molecule has 6 nitrogen and oxygen atoms in total. The van der Waals surface area contributed by atoms with Crippen LogP contribution in [0.5, 0.6) is 11.5 Å². The van der Waals surface area contributed by atoms with Gasteiger partial charge < -0.3 is 10.2 Å². The molecule has 0 fully saturated rings. The van der Waals surface area contributed by atoms with Crippen LogP contribution in [0.1, 0.15) is 12.5 Å². The van der Waals surface area contributed by atoms with Crippen molar-refractivity contribution >= 4 is 50.7 Å². The fourth-order valence-electron chi connectivity index (χ4n) is 1.92. The number of thiophene rings is 1. The normalized spacial score (nSPS) is 11.8. The summed E-state index contributed by atoms with van der Waals surface area (Å²) in [6.45, 7) is 1.34. The van der Waals surface area contributed by atoms with Gasteiger partial charge >= 0.3 is 0 Å². The molecule has 128 valence electrons. The van der Waals surface area contributed by atoms with Crippen molar-refractivity contribution in [3.05, 3.63) is 35.2 Å². The number of carbonyl (C=O) groups excluding carboxylic acids is 1. The molecule has 0 radical (unpaired) electrons. The lowest BCUT2D eigenvalue weighted by atomic mass is 10.1. The van der Waals surface area contributed by atoms with Crippen LogP contribution in [0.2, 0.25) is 0 Å². The van der Waals surface area contributed by atoms with E-state index in [0.717, 1.165) is 17.4 Å². The maximum Gasteiger partial charge on any atom is 0.271 e. The number of aromatic hydroxyl groups is 2. The first-order chi connectivity index (χ1) is 11.3. The van der Waals surface area contributed by atoms with Crippen LogP contribution in [0.25, 0.3) is 6.08 Å². The Morgan fingerprint density at radius 1 is 1.38 bits per heavy atom. The van der Waals surface area contributed by atoms with Crippen LogP contribution >= 0.6 is 23.1 Å². The molecule has 0 spiro atoms. The van der Waals surface area contributed by atoms with Gasteiger partial charge in [0.2, 0.25) is 0 Å². The minimum atomic E-state index is -3.81. The maximum absolute atomic E-state index is 12.4. The number of benzene rings is 1. The number of carbonyl (C=O) groups is 1. The van der Waals surface area contributed by atoms with E-state index in [2.05, 4.69) is 4.72 Å². The number of hydrogen-bond donors (Lipinski definition) is 3. The van der Waals surface area contributed by atoms with Gasteiger partial charge in [-0.3, -0.25) is 9.52 Å². The summed E-state index contributed by atoms with van der Waals surface area (Å²) in [6.07, 6.45) is 4.26. The minimum Gasteiger partial charge on any atom is -0.504 e. The predicted octanol–water partition coefficient (Wildman–Crippen LogP) is 3.28. The predicted molar refractivity (Wildman–Crippen MR) is 96.4 cm³/mol. The van der Waals surface area contributed by atoms with Crippen LogP contribution in [0.4, 0.5) is 5.69 Å². The zero-order valence-electron chi connectivity index (χ0n) is 12.8. The lowest BCUT2D eigenvalue weighted by molar-refractivity contribution is -0.112. The number of ketones is 1. The Kier molecular flexibility index (Phi) is 5.58. The summed E-state index contributed by atoms with van der Waals surface area (Å²) < 4.78 is 27.3. The van der Waals surface area contributed by atoms with Crippen LogP contribution in [0, 0.1) is 0 Å². The smallest absolute Gasteiger partial charge is 0.271 e. The average Bonchev–Trinajstić information content (AvgIpc) is 3.04. The van der Waals surface area contributed by atoms with Crippen molar-refractivity contribution in [2.75, 3.05) is 11.0 Å². The van der Waals surface area contributed by atoms with E-state index in [1.165, 1.54) is 36.9 Å². The van der Waals surface area contributed by atoms with E-state index in [9.17, 15) is 23.4 Å². The molecule has 2 aromatic rings. The Hall–Kier alpha value is -1.97. The van der Waals surface area contributed by atoms with Gasteiger partial charge in [-0.15, -0.1) is 23.1 Å². The third kappa shape index (κ3) is 3.92. The number of rotatable bonds is 6. The van der Waals surface area contributed by atoms with Gasteiger partial charge in [-0.2, -0.15) is 0 Å². The number of anilines is 1. The standard InChI is InChI=1S/C15H15NO5S3/c1-9(17)5-6-10-14(19)12(18)8-11(15(10)22-2)16-24(20,21)13-4-3-7-23-13/h3-8,16,18-19H,1-2H3/b6-5+. The molecule has 0 aliphatic rings. The van der Waals surface area contributed by atoms with Gasteiger partial charge in [0.25, 0.3) is 10.0 Å². The molecule has 24 heavy (non-hydrogen) atoms. The summed E-state index contributed by atoms with van der Waals surface area (Å²) in [4.78, 5) is 11.5. The van der Waals surface area contributed by atoms with Crippen LogP contribution in [0.15, 0.2) is 38.8 Å². The van der Waals surface area contributed by atoms with Gasteiger partial charge in [0.05, 0.1) is 5.69 Å². The Balaban J connectivity index is 2.56. The van der Waals surface area contributed by atoms with E-state index in [0.29, 0.717) is 4.90 Å². The molecule has 0 saturated heterocycles. The number of sulfonamides is 1. The summed E-state index contributed by atoms with van der Waals surface area (Å²) >= 11 is 2.24. The van der Waals surface area contributed by atoms with Crippen LogP contribution in [-0.4, -0.2) is 30.7 Å². The molecule has 2 rings (SSSR count). The fraction of sp³-hybridized carbons (Fsp3) is 0.133. The van der Waals surface area contributed by atoms with Crippen molar-refractivity contribution in [2.45, 2.75) is 16.0 Å². The van der Waals surface area contributed by atoms with Crippen molar-refractivity contribution < 1.29 is 23.4 Å². The van der Waals surface area contributed by atoms with Crippen LogP contribution < -0.4 is 4.72 Å². The minimum absolute atomic E-state index is 0.120. The van der Waals surface area contributed by atoms with Crippen LogP contribution in [0.3, 0.4) is 0 Å². The van der Waals surface area contributed by atoms with Gasteiger partial charge in [0, 0.05) is 16.5 Å². The second-order valence-electron chi connectivity index (χ2n) is 4.72. The highest BCUT2D eigenvalue weighted by atomic mass is 32.2. The summed E-state index contributed by atoms with van der Waals surface area (Å²) in [6, 6.07) is 4.21. The van der Waals surface area contributed by atoms with Gasteiger partial charge in [0.1, 0.15) is 4.21 Å². The Labute approximate surface area is 147 Å². The highest BCUT2D eigenvalue weighted by molar-refractivity contribution is 7.99. The molecular formula is C15H15NO5S3. The number of phenolic OH excluding ortho intramolecular Hbond substituents is 2. The first kappa shape index (κ1) is 18.4. The molecule has 1 aromatic heterocycles. The Morgan fingerprint density at radius 3 is 2.62 bits per heavy atom.